The fourth-order valence-corrected chi connectivity index (χ4v) is 1.65. The molecule has 1 unspecified atom stereocenters. The Kier molecular flexibility index (Phi) is 7.04. The van der Waals surface area contributed by atoms with Gasteiger partial charge in [0.05, 0.1) is 13.2 Å². The number of ether oxygens (including phenoxy) is 2. The zero-order valence-electron chi connectivity index (χ0n) is 10.9. The predicted octanol–water partition coefficient (Wildman–Crippen LogP) is 3.54. The van der Waals surface area contributed by atoms with E-state index in [0.29, 0.717) is 0 Å². The average molecular weight is 254 g/mol. The summed E-state index contributed by atoms with van der Waals surface area (Å²) in [5, 5.41) is 1.09. The maximum Gasteiger partial charge on any atom is 0.130 e. The summed E-state index contributed by atoms with van der Waals surface area (Å²) >= 11 is 0. The van der Waals surface area contributed by atoms with E-state index < -0.39 is 0 Å². The van der Waals surface area contributed by atoms with E-state index >= 15 is 0 Å². The van der Waals surface area contributed by atoms with E-state index in [4.69, 9.17) is 9.47 Å². The highest BCUT2D eigenvalue weighted by Crippen LogP contribution is 2.20. The molecule has 1 rings (SSSR count). The Morgan fingerprint density at radius 1 is 1.00 bits per heavy atom. The van der Waals surface area contributed by atoms with Gasteiger partial charge in [-0.2, -0.15) is 0 Å². The van der Waals surface area contributed by atoms with Gasteiger partial charge in [-0.1, -0.05) is 26.7 Å². The highest BCUT2D eigenvalue weighted by atomic mass is 31.0. The van der Waals surface area contributed by atoms with Gasteiger partial charge >= 0.3 is 0 Å². The molecule has 0 spiro atoms. The van der Waals surface area contributed by atoms with Gasteiger partial charge in [-0.25, -0.2) is 0 Å². The van der Waals surface area contributed by atoms with Crippen molar-refractivity contribution < 1.29 is 9.47 Å². The zero-order valence-corrected chi connectivity index (χ0v) is 12.0. The zero-order chi connectivity index (χ0) is 12.5. The number of hydrogen-bond donors (Lipinski definition) is 0. The van der Waals surface area contributed by atoms with Crippen LogP contribution in [-0.2, 0) is 0 Å². The van der Waals surface area contributed by atoms with Crippen LogP contribution in [0.4, 0.5) is 0 Å². The molecule has 0 bridgehead atoms. The normalized spacial score (nSPS) is 10.3. The molecule has 0 saturated heterocycles. The van der Waals surface area contributed by atoms with Crippen molar-refractivity contribution in [2.75, 3.05) is 13.2 Å². The highest BCUT2D eigenvalue weighted by Gasteiger charge is 2.02. The van der Waals surface area contributed by atoms with E-state index in [9.17, 15) is 0 Å². The lowest BCUT2D eigenvalue weighted by atomic mass is 10.3. The Morgan fingerprint density at radius 3 is 2.29 bits per heavy atom. The summed E-state index contributed by atoms with van der Waals surface area (Å²) in [7, 11) is 2.70. The number of rotatable bonds is 8. The monoisotopic (exact) mass is 254 g/mol. The van der Waals surface area contributed by atoms with Gasteiger partial charge in [0, 0.05) is 11.4 Å². The van der Waals surface area contributed by atoms with Crippen molar-refractivity contribution in [2.45, 2.75) is 39.5 Å². The summed E-state index contributed by atoms with van der Waals surface area (Å²) in [6.45, 7) is 5.88. The van der Waals surface area contributed by atoms with Crippen LogP contribution in [0.25, 0.3) is 0 Å². The first-order valence-electron chi connectivity index (χ1n) is 6.43. The Morgan fingerprint density at radius 2 is 1.65 bits per heavy atom. The molecule has 3 heteroatoms. The largest absolute Gasteiger partial charge is 0.493 e. The van der Waals surface area contributed by atoms with Crippen LogP contribution in [0.1, 0.15) is 39.5 Å². The van der Waals surface area contributed by atoms with Crippen LogP contribution in [0.5, 0.6) is 11.5 Å². The third kappa shape index (κ3) is 5.41. The molecule has 1 aromatic rings. The second-order valence-electron chi connectivity index (χ2n) is 4.10. The van der Waals surface area contributed by atoms with Crippen molar-refractivity contribution in [1.82, 2.24) is 0 Å². The molecular weight excluding hydrogens is 231 g/mol. The summed E-state index contributed by atoms with van der Waals surface area (Å²) in [4.78, 5) is 0. The van der Waals surface area contributed by atoms with Crippen LogP contribution in [0.3, 0.4) is 0 Å². The fourth-order valence-electron chi connectivity index (χ4n) is 1.39. The SMILES string of the molecule is CCCCOc1ccc(P)c(OCCCC)c1. The van der Waals surface area contributed by atoms with E-state index in [1.807, 2.05) is 18.2 Å². The minimum Gasteiger partial charge on any atom is -0.493 e. The van der Waals surface area contributed by atoms with E-state index in [-0.39, 0.29) is 0 Å². The second-order valence-corrected chi connectivity index (χ2v) is 4.73. The molecule has 0 radical (unpaired) electrons. The summed E-state index contributed by atoms with van der Waals surface area (Å²) < 4.78 is 11.4. The van der Waals surface area contributed by atoms with Gasteiger partial charge in [0.25, 0.3) is 0 Å². The summed E-state index contributed by atoms with van der Waals surface area (Å²) in [5.41, 5.74) is 0. The van der Waals surface area contributed by atoms with Gasteiger partial charge < -0.3 is 9.47 Å². The molecule has 0 aromatic heterocycles. The molecule has 96 valence electrons. The van der Waals surface area contributed by atoms with Crippen molar-refractivity contribution in [3.63, 3.8) is 0 Å². The van der Waals surface area contributed by atoms with E-state index in [0.717, 1.165) is 55.7 Å². The molecule has 2 nitrogen and oxygen atoms in total. The van der Waals surface area contributed by atoms with Crippen molar-refractivity contribution in [1.29, 1.82) is 0 Å². The third-order valence-electron chi connectivity index (χ3n) is 2.51. The standard InChI is InChI=1S/C14H23O2P/c1-3-5-9-15-12-7-8-14(17)13(11-12)16-10-6-4-2/h7-8,11H,3-6,9-10,17H2,1-2H3. The van der Waals surface area contributed by atoms with Crippen molar-refractivity contribution in [2.24, 2.45) is 0 Å². The van der Waals surface area contributed by atoms with Crippen molar-refractivity contribution >= 4 is 14.5 Å². The van der Waals surface area contributed by atoms with Crippen LogP contribution in [0.2, 0.25) is 0 Å². The lowest BCUT2D eigenvalue weighted by molar-refractivity contribution is 0.296. The van der Waals surface area contributed by atoms with Gasteiger partial charge in [0.2, 0.25) is 0 Å². The van der Waals surface area contributed by atoms with Crippen molar-refractivity contribution in [3.05, 3.63) is 18.2 Å². The molecule has 1 atom stereocenters. The Balaban J connectivity index is 2.53. The quantitative estimate of drug-likeness (QED) is 0.522. The lowest BCUT2D eigenvalue weighted by Gasteiger charge is -2.11. The van der Waals surface area contributed by atoms with Gasteiger partial charge in [-0.3, -0.25) is 0 Å². The predicted molar refractivity (Wildman–Crippen MR) is 76.6 cm³/mol. The van der Waals surface area contributed by atoms with E-state index in [1.165, 1.54) is 0 Å². The molecule has 0 fully saturated rings. The highest BCUT2D eigenvalue weighted by molar-refractivity contribution is 7.27. The van der Waals surface area contributed by atoms with Crippen LogP contribution in [0.15, 0.2) is 18.2 Å². The molecule has 1 aromatic carbocycles. The number of benzene rings is 1. The summed E-state index contributed by atoms with van der Waals surface area (Å²) in [6, 6.07) is 5.99. The fraction of sp³-hybridized carbons (Fsp3) is 0.571. The molecule has 0 aliphatic rings. The van der Waals surface area contributed by atoms with E-state index in [2.05, 4.69) is 23.1 Å². The Hall–Kier alpha value is -0.750. The molecule has 0 amide bonds. The lowest BCUT2D eigenvalue weighted by Crippen LogP contribution is -2.05. The Bertz CT molecular complexity index is 326. The van der Waals surface area contributed by atoms with Gasteiger partial charge in [-0.15, -0.1) is 9.24 Å². The molecule has 0 aliphatic heterocycles. The first kappa shape index (κ1) is 14.3. The second kappa shape index (κ2) is 8.36. The van der Waals surface area contributed by atoms with Gasteiger partial charge in [0.1, 0.15) is 11.5 Å². The molecule has 0 N–H and O–H groups in total. The molecule has 17 heavy (non-hydrogen) atoms. The first-order valence-corrected chi connectivity index (χ1v) is 7.00. The van der Waals surface area contributed by atoms with Gasteiger partial charge in [0.15, 0.2) is 0 Å². The van der Waals surface area contributed by atoms with Crippen LogP contribution < -0.4 is 14.8 Å². The maximum absolute atomic E-state index is 5.72. The molecule has 0 saturated carbocycles. The maximum atomic E-state index is 5.72. The Labute approximate surface area is 107 Å². The van der Waals surface area contributed by atoms with Crippen LogP contribution in [0, 0.1) is 0 Å². The minimum absolute atomic E-state index is 0.774. The number of hydrogen-bond acceptors (Lipinski definition) is 2. The van der Waals surface area contributed by atoms with Crippen LogP contribution >= 0.6 is 9.24 Å². The third-order valence-corrected chi connectivity index (χ3v) is 2.98. The summed E-state index contributed by atoms with van der Waals surface area (Å²) in [6.07, 6.45) is 4.49. The summed E-state index contributed by atoms with van der Waals surface area (Å²) in [5.74, 6) is 1.81. The van der Waals surface area contributed by atoms with E-state index in [1.54, 1.807) is 0 Å². The van der Waals surface area contributed by atoms with Crippen LogP contribution in [-0.4, -0.2) is 13.2 Å². The number of unbranched alkanes of at least 4 members (excludes halogenated alkanes) is 2. The van der Waals surface area contributed by atoms with Crippen molar-refractivity contribution in [3.8, 4) is 11.5 Å². The first-order chi connectivity index (χ1) is 8.27. The molecule has 0 aliphatic carbocycles. The smallest absolute Gasteiger partial charge is 0.130 e. The van der Waals surface area contributed by atoms with Gasteiger partial charge in [-0.05, 0) is 25.0 Å². The average Bonchev–Trinajstić information content (AvgIpc) is 2.33. The topological polar surface area (TPSA) is 18.5 Å². The minimum atomic E-state index is 0.774. The molecule has 0 heterocycles. The molecular formula is C14H23O2P.